The minimum atomic E-state index is 0.0944. The summed E-state index contributed by atoms with van der Waals surface area (Å²) < 4.78 is 0. The molecule has 0 saturated carbocycles. The first-order valence-corrected chi connectivity index (χ1v) is 7.56. The Morgan fingerprint density at radius 1 is 1.15 bits per heavy atom. The van der Waals surface area contributed by atoms with Gasteiger partial charge in [0.05, 0.1) is 0 Å². The van der Waals surface area contributed by atoms with Crippen molar-refractivity contribution in [2.24, 2.45) is 5.73 Å². The molecule has 0 spiro atoms. The first-order valence-electron chi connectivity index (χ1n) is 7.56. The zero-order valence-corrected chi connectivity index (χ0v) is 12.5. The molecule has 1 aliphatic heterocycles. The highest BCUT2D eigenvalue weighted by Crippen LogP contribution is 2.30. The number of hydrogen-bond donors (Lipinski definition) is 1. The van der Waals surface area contributed by atoms with Crippen molar-refractivity contribution >= 4 is 10.8 Å². The number of hydrogen-bond acceptors (Lipinski definition) is 2. The molecule has 1 saturated heterocycles. The summed E-state index contributed by atoms with van der Waals surface area (Å²) in [5.74, 6) is 0. The fourth-order valence-corrected chi connectivity index (χ4v) is 3.28. The Morgan fingerprint density at radius 3 is 2.60 bits per heavy atom. The van der Waals surface area contributed by atoms with Crippen molar-refractivity contribution in [2.45, 2.75) is 38.3 Å². The summed E-state index contributed by atoms with van der Waals surface area (Å²) in [6.45, 7) is 6.78. The summed E-state index contributed by atoms with van der Waals surface area (Å²) in [4.78, 5) is 2.53. The highest BCUT2D eigenvalue weighted by molar-refractivity contribution is 5.83. The lowest BCUT2D eigenvalue weighted by Gasteiger charge is -2.33. The van der Waals surface area contributed by atoms with Crippen LogP contribution in [0, 0.1) is 0 Å². The van der Waals surface area contributed by atoms with Crippen molar-refractivity contribution < 1.29 is 0 Å². The second kappa shape index (κ2) is 5.19. The van der Waals surface area contributed by atoms with E-state index in [1.165, 1.54) is 35.7 Å². The van der Waals surface area contributed by atoms with Gasteiger partial charge in [-0.3, -0.25) is 4.90 Å². The van der Waals surface area contributed by atoms with Crippen molar-refractivity contribution in [3.05, 3.63) is 48.0 Å². The van der Waals surface area contributed by atoms with Crippen molar-refractivity contribution in [1.29, 1.82) is 0 Å². The SMILES string of the molecule is CC1(C)CCCN1CC(N)c1ccc2ccccc2c1. The molecule has 0 radical (unpaired) electrons. The molecular formula is C18H24N2. The lowest BCUT2D eigenvalue weighted by Crippen LogP contribution is -2.42. The standard InChI is InChI=1S/C18H24N2/c1-18(2)10-5-11-20(18)13-17(19)16-9-8-14-6-3-4-7-15(14)12-16/h3-4,6-9,12,17H,5,10-11,13,19H2,1-2H3. The highest BCUT2D eigenvalue weighted by Gasteiger charge is 2.32. The van der Waals surface area contributed by atoms with Gasteiger partial charge >= 0.3 is 0 Å². The Labute approximate surface area is 121 Å². The van der Waals surface area contributed by atoms with E-state index in [0.717, 1.165) is 6.54 Å². The zero-order valence-electron chi connectivity index (χ0n) is 12.5. The van der Waals surface area contributed by atoms with Crippen LogP contribution in [0.5, 0.6) is 0 Å². The fraction of sp³-hybridized carbons (Fsp3) is 0.444. The van der Waals surface area contributed by atoms with Gasteiger partial charge in [-0.2, -0.15) is 0 Å². The molecule has 3 rings (SSSR count). The summed E-state index contributed by atoms with van der Waals surface area (Å²) >= 11 is 0. The Hall–Kier alpha value is -1.38. The molecule has 0 aliphatic carbocycles. The minimum absolute atomic E-state index is 0.0944. The third-order valence-corrected chi connectivity index (χ3v) is 4.69. The summed E-state index contributed by atoms with van der Waals surface area (Å²) in [5.41, 5.74) is 7.99. The molecule has 2 aromatic carbocycles. The quantitative estimate of drug-likeness (QED) is 0.919. The first kappa shape index (κ1) is 13.6. The topological polar surface area (TPSA) is 29.3 Å². The lowest BCUT2D eigenvalue weighted by molar-refractivity contribution is 0.165. The predicted molar refractivity (Wildman–Crippen MR) is 85.8 cm³/mol. The van der Waals surface area contributed by atoms with Crippen LogP contribution in [0.25, 0.3) is 10.8 Å². The van der Waals surface area contributed by atoms with Gasteiger partial charge in [-0.1, -0.05) is 36.4 Å². The molecule has 2 N–H and O–H groups in total. The number of nitrogens with two attached hydrogens (primary N) is 1. The molecule has 0 bridgehead atoms. The van der Waals surface area contributed by atoms with Gasteiger partial charge < -0.3 is 5.73 Å². The lowest BCUT2D eigenvalue weighted by atomic mass is 9.99. The van der Waals surface area contributed by atoms with E-state index in [1.54, 1.807) is 0 Å². The monoisotopic (exact) mass is 268 g/mol. The van der Waals surface area contributed by atoms with Crippen LogP contribution in [0.3, 0.4) is 0 Å². The molecule has 1 heterocycles. The van der Waals surface area contributed by atoms with E-state index in [2.05, 4.69) is 61.2 Å². The Balaban J connectivity index is 1.80. The molecule has 0 amide bonds. The van der Waals surface area contributed by atoms with Crippen molar-refractivity contribution in [2.75, 3.05) is 13.1 Å². The van der Waals surface area contributed by atoms with Gasteiger partial charge in [0.25, 0.3) is 0 Å². The van der Waals surface area contributed by atoms with Gasteiger partial charge in [-0.05, 0) is 55.6 Å². The Morgan fingerprint density at radius 2 is 1.90 bits per heavy atom. The molecule has 106 valence electrons. The molecule has 2 aromatic rings. The highest BCUT2D eigenvalue weighted by atomic mass is 15.2. The first-order chi connectivity index (χ1) is 9.56. The summed E-state index contributed by atoms with van der Waals surface area (Å²) in [5, 5.41) is 2.56. The van der Waals surface area contributed by atoms with Crippen molar-refractivity contribution in [3.8, 4) is 0 Å². The number of benzene rings is 2. The zero-order chi connectivity index (χ0) is 14.2. The van der Waals surface area contributed by atoms with Crippen molar-refractivity contribution in [3.63, 3.8) is 0 Å². The Bertz CT molecular complexity index is 603. The van der Waals surface area contributed by atoms with Crippen LogP contribution in [-0.4, -0.2) is 23.5 Å². The van der Waals surface area contributed by atoms with Gasteiger partial charge in [0, 0.05) is 18.1 Å². The molecule has 2 nitrogen and oxygen atoms in total. The maximum Gasteiger partial charge on any atom is 0.0424 e. The van der Waals surface area contributed by atoms with Crippen molar-refractivity contribution in [1.82, 2.24) is 4.90 Å². The maximum absolute atomic E-state index is 6.45. The average molecular weight is 268 g/mol. The van der Waals surface area contributed by atoms with Gasteiger partial charge in [0.1, 0.15) is 0 Å². The normalized spacial score (nSPS) is 20.4. The van der Waals surface area contributed by atoms with Crippen LogP contribution in [0.4, 0.5) is 0 Å². The average Bonchev–Trinajstić information content (AvgIpc) is 2.77. The molecule has 0 aromatic heterocycles. The number of fused-ring (bicyclic) bond motifs is 1. The third kappa shape index (κ3) is 2.58. The van der Waals surface area contributed by atoms with E-state index in [-0.39, 0.29) is 6.04 Å². The van der Waals surface area contributed by atoms with Gasteiger partial charge in [-0.25, -0.2) is 0 Å². The van der Waals surface area contributed by atoms with Crippen LogP contribution < -0.4 is 5.73 Å². The second-order valence-corrected chi connectivity index (χ2v) is 6.58. The van der Waals surface area contributed by atoms with Crippen LogP contribution in [0.2, 0.25) is 0 Å². The summed E-state index contributed by atoms with van der Waals surface area (Å²) in [6, 6.07) is 15.2. The smallest absolute Gasteiger partial charge is 0.0424 e. The number of rotatable bonds is 3. The predicted octanol–water partition coefficient (Wildman–Crippen LogP) is 3.71. The molecule has 20 heavy (non-hydrogen) atoms. The van der Waals surface area contributed by atoms with Crippen LogP contribution in [0.15, 0.2) is 42.5 Å². The summed E-state index contributed by atoms with van der Waals surface area (Å²) in [7, 11) is 0. The summed E-state index contributed by atoms with van der Waals surface area (Å²) in [6.07, 6.45) is 2.56. The molecular weight excluding hydrogens is 244 g/mol. The maximum atomic E-state index is 6.45. The van der Waals surface area contributed by atoms with Crippen LogP contribution in [-0.2, 0) is 0 Å². The van der Waals surface area contributed by atoms with Gasteiger partial charge in [0.2, 0.25) is 0 Å². The van der Waals surface area contributed by atoms with E-state index in [9.17, 15) is 0 Å². The number of nitrogens with zero attached hydrogens (tertiary/aromatic N) is 1. The minimum Gasteiger partial charge on any atom is -0.323 e. The third-order valence-electron chi connectivity index (χ3n) is 4.69. The van der Waals surface area contributed by atoms with Crippen LogP contribution in [0.1, 0.15) is 38.3 Å². The largest absolute Gasteiger partial charge is 0.323 e. The molecule has 1 unspecified atom stereocenters. The van der Waals surface area contributed by atoms with E-state index >= 15 is 0 Å². The van der Waals surface area contributed by atoms with E-state index in [1.807, 2.05) is 0 Å². The number of likely N-dealkylation sites (tertiary alicyclic amines) is 1. The molecule has 2 heteroatoms. The van der Waals surface area contributed by atoms with E-state index < -0.39 is 0 Å². The molecule has 1 atom stereocenters. The van der Waals surface area contributed by atoms with Gasteiger partial charge in [-0.15, -0.1) is 0 Å². The molecule has 1 aliphatic rings. The van der Waals surface area contributed by atoms with Crippen LogP contribution >= 0.6 is 0 Å². The molecule has 1 fully saturated rings. The van der Waals surface area contributed by atoms with Gasteiger partial charge in [0.15, 0.2) is 0 Å². The Kier molecular flexibility index (Phi) is 3.53. The fourth-order valence-electron chi connectivity index (χ4n) is 3.28. The second-order valence-electron chi connectivity index (χ2n) is 6.58. The van der Waals surface area contributed by atoms with E-state index in [4.69, 9.17) is 5.73 Å². The van der Waals surface area contributed by atoms with E-state index in [0.29, 0.717) is 5.54 Å².